The Morgan fingerprint density at radius 2 is 2.10 bits per heavy atom. The zero-order valence-corrected chi connectivity index (χ0v) is 13.6. The average molecular weight is 322 g/mol. The van der Waals surface area contributed by atoms with Gasteiger partial charge in [0.1, 0.15) is 0 Å². The van der Waals surface area contributed by atoms with Crippen LogP contribution in [0.5, 0.6) is 0 Å². The fourth-order valence-corrected chi connectivity index (χ4v) is 3.49. The minimum Gasteiger partial charge on any atom is -0.355 e. The van der Waals surface area contributed by atoms with Gasteiger partial charge in [-0.25, -0.2) is 0 Å². The first-order valence-corrected chi connectivity index (χ1v) is 8.48. The second-order valence-electron chi connectivity index (χ2n) is 4.42. The third-order valence-corrected chi connectivity index (χ3v) is 4.65. The maximum absolute atomic E-state index is 11.8. The average Bonchev–Trinajstić information content (AvgIpc) is 2.92. The summed E-state index contributed by atoms with van der Waals surface area (Å²) in [5.41, 5.74) is 0.971. The van der Waals surface area contributed by atoms with Crippen LogP contribution in [0.4, 0.5) is 10.8 Å². The number of anilines is 2. The van der Waals surface area contributed by atoms with Crippen molar-refractivity contribution >= 4 is 39.8 Å². The molecule has 5 nitrogen and oxygen atoms in total. The molecule has 0 radical (unpaired) electrons. The molecule has 0 spiro atoms. The number of nitrogens with zero attached hydrogens (tertiary/aromatic N) is 2. The molecule has 0 saturated heterocycles. The van der Waals surface area contributed by atoms with Crippen molar-refractivity contribution in [3.8, 4) is 0 Å². The number of rotatable bonds is 7. The quantitative estimate of drug-likeness (QED) is 0.766. The Hall–Kier alpha value is -1.60. The van der Waals surface area contributed by atoms with Crippen molar-refractivity contribution in [2.75, 3.05) is 11.9 Å². The second-order valence-corrected chi connectivity index (χ2v) is 6.98. The SMILES string of the molecule is CCCNC(=O)C(C)Sc1nnc(Nc2ccccc2)s1. The number of amides is 1. The van der Waals surface area contributed by atoms with Gasteiger partial charge < -0.3 is 10.6 Å². The molecule has 0 aliphatic rings. The molecule has 1 aromatic heterocycles. The second kappa shape index (κ2) is 7.99. The van der Waals surface area contributed by atoms with Crippen LogP contribution >= 0.6 is 23.1 Å². The monoisotopic (exact) mass is 322 g/mol. The molecule has 112 valence electrons. The summed E-state index contributed by atoms with van der Waals surface area (Å²) in [6.45, 7) is 4.62. The fourth-order valence-electron chi connectivity index (χ4n) is 1.55. The van der Waals surface area contributed by atoms with Crippen molar-refractivity contribution in [2.45, 2.75) is 29.9 Å². The van der Waals surface area contributed by atoms with E-state index in [1.165, 1.54) is 23.1 Å². The summed E-state index contributed by atoms with van der Waals surface area (Å²) in [5, 5.41) is 14.8. The molecule has 0 aliphatic carbocycles. The lowest BCUT2D eigenvalue weighted by atomic mass is 10.3. The molecule has 21 heavy (non-hydrogen) atoms. The summed E-state index contributed by atoms with van der Waals surface area (Å²) in [6, 6.07) is 9.81. The third-order valence-electron chi connectivity index (χ3n) is 2.63. The van der Waals surface area contributed by atoms with Gasteiger partial charge in [-0.2, -0.15) is 0 Å². The van der Waals surface area contributed by atoms with Gasteiger partial charge in [0.25, 0.3) is 0 Å². The van der Waals surface area contributed by atoms with Gasteiger partial charge in [0.15, 0.2) is 4.34 Å². The molecule has 1 amide bonds. The highest BCUT2D eigenvalue weighted by Gasteiger charge is 2.16. The normalized spacial score (nSPS) is 11.9. The lowest BCUT2D eigenvalue weighted by Crippen LogP contribution is -2.31. The minimum atomic E-state index is -0.172. The number of carbonyl (C=O) groups is 1. The Kier molecular flexibility index (Phi) is 6.01. The molecule has 2 rings (SSSR count). The van der Waals surface area contributed by atoms with E-state index < -0.39 is 0 Å². The van der Waals surface area contributed by atoms with Crippen molar-refractivity contribution in [3.63, 3.8) is 0 Å². The van der Waals surface area contributed by atoms with E-state index in [0.29, 0.717) is 6.54 Å². The predicted octanol–water partition coefficient (Wildman–Crippen LogP) is 3.29. The van der Waals surface area contributed by atoms with Gasteiger partial charge in [-0.15, -0.1) is 10.2 Å². The molecule has 0 aliphatic heterocycles. The Bertz CT molecular complexity index is 573. The number of hydrogen-bond acceptors (Lipinski definition) is 6. The number of carbonyl (C=O) groups excluding carboxylic acids is 1. The Labute approximate surface area is 132 Å². The van der Waals surface area contributed by atoms with Crippen LogP contribution in [0.2, 0.25) is 0 Å². The Morgan fingerprint density at radius 1 is 1.33 bits per heavy atom. The number of benzene rings is 1. The highest BCUT2D eigenvalue weighted by Crippen LogP contribution is 2.30. The van der Waals surface area contributed by atoms with Gasteiger partial charge in [-0.05, 0) is 25.5 Å². The van der Waals surface area contributed by atoms with E-state index in [9.17, 15) is 4.79 Å². The summed E-state index contributed by atoms with van der Waals surface area (Å²) in [6.07, 6.45) is 0.938. The van der Waals surface area contributed by atoms with Crippen molar-refractivity contribution in [2.24, 2.45) is 0 Å². The first kappa shape index (κ1) is 15.8. The van der Waals surface area contributed by atoms with Crippen molar-refractivity contribution < 1.29 is 4.79 Å². The summed E-state index contributed by atoms with van der Waals surface area (Å²) in [4.78, 5) is 11.8. The first-order chi connectivity index (χ1) is 10.2. The van der Waals surface area contributed by atoms with Crippen molar-refractivity contribution in [3.05, 3.63) is 30.3 Å². The van der Waals surface area contributed by atoms with E-state index in [1.807, 2.05) is 44.2 Å². The van der Waals surface area contributed by atoms with E-state index >= 15 is 0 Å². The van der Waals surface area contributed by atoms with E-state index in [2.05, 4.69) is 20.8 Å². The molecule has 1 atom stereocenters. The van der Waals surface area contributed by atoms with Gasteiger partial charge in [0.05, 0.1) is 5.25 Å². The van der Waals surface area contributed by atoms with Gasteiger partial charge in [-0.3, -0.25) is 4.79 Å². The molecule has 1 unspecified atom stereocenters. The van der Waals surface area contributed by atoms with Crippen molar-refractivity contribution in [1.82, 2.24) is 15.5 Å². The van der Waals surface area contributed by atoms with E-state index in [0.717, 1.165) is 21.6 Å². The molecule has 0 saturated carbocycles. The summed E-state index contributed by atoms with van der Waals surface area (Å²) >= 11 is 2.87. The van der Waals surface area contributed by atoms with Crippen LogP contribution in [-0.4, -0.2) is 27.9 Å². The van der Waals surface area contributed by atoms with Crippen LogP contribution < -0.4 is 10.6 Å². The molecule has 1 heterocycles. The van der Waals surface area contributed by atoms with Gasteiger partial charge in [0, 0.05) is 12.2 Å². The maximum atomic E-state index is 11.8. The first-order valence-electron chi connectivity index (χ1n) is 6.79. The van der Waals surface area contributed by atoms with E-state index in [1.54, 1.807) is 0 Å². The van der Waals surface area contributed by atoms with Gasteiger partial charge in [0.2, 0.25) is 11.0 Å². The zero-order chi connectivity index (χ0) is 15.1. The molecule has 0 bridgehead atoms. The van der Waals surface area contributed by atoms with Crippen molar-refractivity contribution in [1.29, 1.82) is 0 Å². The molecule has 1 aromatic carbocycles. The molecule has 2 aromatic rings. The number of thioether (sulfide) groups is 1. The maximum Gasteiger partial charge on any atom is 0.233 e. The molecular weight excluding hydrogens is 304 g/mol. The van der Waals surface area contributed by atoms with Gasteiger partial charge in [-0.1, -0.05) is 48.2 Å². The predicted molar refractivity (Wildman–Crippen MR) is 88.3 cm³/mol. The Balaban J connectivity index is 1.89. The number of aromatic nitrogens is 2. The van der Waals surface area contributed by atoms with E-state index in [4.69, 9.17) is 0 Å². The number of para-hydroxylation sites is 1. The van der Waals surface area contributed by atoms with Crippen LogP contribution in [0.1, 0.15) is 20.3 Å². The standard InChI is InChI=1S/C14H18N4OS2/c1-3-9-15-12(19)10(2)20-14-18-17-13(21-14)16-11-7-5-4-6-8-11/h4-8,10H,3,9H2,1-2H3,(H,15,19)(H,16,17). The topological polar surface area (TPSA) is 66.9 Å². The fraction of sp³-hybridized carbons (Fsp3) is 0.357. The van der Waals surface area contributed by atoms with Crippen LogP contribution in [0.25, 0.3) is 0 Å². The molecule has 0 fully saturated rings. The number of hydrogen-bond donors (Lipinski definition) is 2. The lowest BCUT2D eigenvalue weighted by molar-refractivity contribution is -0.120. The van der Waals surface area contributed by atoms with E-state index in [-0.39, 0.29) is 11.2 Å². The molecule has 7 heteroatoms. The van der Waals surface area contributed by atoms with Gasteiger partial charge >= 0.3 is 0 Å². The third kappa shape index (κ3) is 5.02. The summed E-state index contributed by atoms with van der Waals surface area (Å²) in [7, 11) is 0. The van der Waals surface area contributed by atoms with Crippen LogP contribution in [-0.2, 0) is 4.79 Å². The molecular formula is C14H18N4OS2. The largest absolute Gasteiger partial charge is 0.355 e. The van der Waals surface area contributed by atoms with Crippen LogP contribution in [0, 0.1) is 0 Å². The summed E-state index contributed by atoms with van der Waals surface area (Å²) < 4.78 is 0.785. The highest BCUT2D eigenvalue weighted by molar-refractivity contribution is 8.02. The van der Waals surface area contributed by atoms with Crippen LogP contribution in [0.15, 0.2) is 34.7 Å². The summed E-state index contributed by atoms with van der Waals surface area (Å²) in [5.74, 6) is 0.0367. The Morgan fingerprint density at radius 3 is 2.81 bits per heavy atom. The zero-order valence-electron chi connectivity index (χ0n) is 12.0. The minimum absolute atomic E-state index is 0.0367. The smallest absolute Gasteiger partial charge is 0.233 e. The lowest BCUT2D eigenvalue weighted by Gasteiger charge is -2.08. The molecule has 2 N–H and O–H groups in total. The highest BCUT2D eigenvalue weighted by atomic mass is 32.2. The number of nitrogens with one attached hydrogen (secondary N) is 2. The van der Waals surface area contributed by atoms with Crippen LogP contribution in [0.3, 0.4) is 0 Å².